The van der Waals surface area contributed by atoms with Crippen LogP contribution in [0.5, 0.6) is 0 Å². The first-order chi connectivity index (χ1) is 10.7. The fourth-order valence-corrected chi connectivity index (χ4v) is 2.64. The van der Waals surface area contributed by atoms with Crippen LogP contribution in [0.4, 0.5) is 23.2 Å². The number of nitro benzene ring substituents is 1. The van der Waals surface area contributed by atoms with Crippen LogP contribution in [-0.4, -0.2) is 47.4 Å². The van der Waals surface area contributed by atoms with E-state index in [4.69, 9.17) is 0 Å². The molecule has 1 saturated heterocycles. The van der Waals surface area contributed by atoms with E-state index >= 15 is 0 Å². The first-order valence-corrected chi connectivity index (χ1v) is 7.21. The summed E-state index contributed by atoms with van der Waals surface area (Å²) in [7, 11) is 0. The van der Waals surface area contributed by atoms with Crippen molar-refractivity contribution >= 4 is 5.69 Å². The number of likely N-dealkylation sites (N-methyl/N-ethyl adjacent to an activating group) is 1. The van der Waals surface area contributed by atoms with Crippen LogP contribution in [0, 0.1) is 15.9 Å². The highest BCUT2D eigenvalue weighted by Crippen LogP contribution is 2.36. The first kappa shape index (κ1) is 17.6. The van der Waals surface area contributed by atoms with Crippen LogP contribution in [0.1, 0.15) is 18.1 Å². The summed E-state index contributed by atoms with van der Waals surface area (Å²) in [5.74, 6) is -1.25. The molecule has 0 unspecified atom stereocenters. The fourth-order valence-electron chi connectivity index (χ4n) is 2.64. The second-order valence-electron chi connectivity index (χ2n) is 5.43. The first-order valence-electron chi connectivity index (χ1n) is 7.21. The molecule has 5 nitrogen and oxygen atoms in total. The van der Waals surface area contributed by atoms with Gasteiger partial charge in [0.2, 0.25) is 5.82 Å². The Morgan fingerprint density at radius 1 is 1.17 bits per heavy atom. The summed E-state index contributed by atoms with van der Waals surface area (Å²) in [5, 5.41) is 10.7. The molecule has 128 valence electrons. The average molecular weight is 335 g/mol. The van der Waals surface area contributed by atoms with Gasteiger partial charge in [0.1, 0.15) is 0 Å². The van der Waals surface area contributed by atoms with Gasteiger partial charge < -0.3 is 4.90 Å². The predicted molar refractivity (Wildman–Crippen MR) is 75.4 cm³/mol. The molecule has 0 amide bonds. The molecule has 0 atom stereocenters. The van der Waals surface area contributed by atoms with Crippen molar-refractivity contribution in [3.05, 3.63) is 39.2 Å². The third kappa shape index (κ3) is 4.17. The Kier molecular flexibility index (Phi) is 5.20. The van der Waals surface area contributed by atoms with E-state index in [1.165, 1.54) is 0 Å². The molecule has 1 aromatic carbocycles. The van der Waals surface area contributed by atoms with Crippen molar-refractivity contribution in [1.29, 1.82) is 0 Å². The smallest absolute Gasteiger partial charge is 0.301 e. The van der Waals surface area contributed by atoms with E-state index in [1.54, 1.807) is 4.90 Å². The van der Waals surface area contributed by atoms with Crippen LogP contribution in [0.25, 0.3) is 0 Å². The molecule has 0 aliphatic carbocycles. The Balaban J connectivity index is 2.27. The van der Waals surface area contributed by atoms with E-state index < -0.39 is 28.2 Å². The van der Waals surface area contributed by atoms with E-state index in [0.717, 1.165) is 19.6 Å². The van der Waals surface area contributed by atoms with Crippen molar-refractivity contribution in [3.8, 4) is 0 Å². The quantitative estimate of drug-likeness (QED) is 0.482. The summed E-state index contributed by atoms with van der Waals surface area (Å²) in [5.41, 5.74) is -2.58. The average Bonchev–Trinajstić information content (AvgIpc) is 2.46. The van der Waals surface area contributed by atoms with Gasteiger partial charge in [0, 0.05) is 38.8 Å². The Morgan fingerprint density at radius 3 is 2.22 bits per heavy atom. The highest BCUT2D eigenvalue weighted by atomic mass is 19.4. The summed E-state index contributed by atoms with van der Waals surface area (Å²) in [6, 6.07) is 0.917. The minimum atomic E-state index is -4.76. The fraction of sp³-hybridized carbons (Fsp3) is 0.571. The Morgan fingerprint density at radius 2 is 1.74 bits per heavy atom. The maximum absolute atomic E-state index is 13.7. The van der Waals surface area contributed by atoms with E-state index in [0.29, 0.717) is 19.2 Å². The second-order valence-corrected chi connectivity index (χ2v) is 5.43. The molecule has 1 heterocycles. The maximum Gasteiger partial charge on any atom is 0.416 e. The number of alkyl halides is 3. The molecule has 0 N–H and O–H groups in total. The lowest BCUT2D eigenvalue weighted by molar-refractivity contribution is -0.387. The van der Waals surface area contributed by atoms with Gasteiger partial charge in [-0.2, -0.15) is 17.6 Å². The van der Waals surface area contributed by atoms with Gasteiger partial charge in [0.15, 0.2) is 0 Å². The van der Waals surface area contributed by atoms with Crippen LogP contribution in [-0.2, 0) is 12.7 Å². The molecule has 1 aliphatic rings. The number of nitrogens with zero attached hydrogens (tertiary/aromatic N) is 3. The monoisotopic (exact) mass is 335 g/mol. The molecule has 9 heteroatoms. The number of nitro groups is 1. The van der Waals surface area contributed by atoms with Gasteiger partial charge in [0.25, 0.3) is 0 Å². The molecule has 1 aliphatic heterocycles. The number of hydrogen-bond acceptors (Lipinski definition) is 4. The molecule has 0 aromatic heterocycles. The third-order valence-corrected chi connectivity index (χ3v) is 3.98. The van der Waals surface area contributed by atoms with Gasteiger partial charge >= 0.3 is 11.9 Å². The zero-order chi connectivity index (χ0) is 17.2. The Bertz CT molecular complexity index is 584. The highest BCUT2D eigenvalue weighted by molar-refractivity contribution is 5.43. The van der Waals surface area contributed by atoms with E-state index in [9.17, 15) is 27.7 Å². The molecule has 23 heavy (non-hydrogen) atoms. The molecular weight excluding hydrogens is 318 g/mol. The van der Waals surface area contributed by atoms with Crippen molar-refractivity contribution in [3.63, 3.8) is 0 Å². The SMILES string of the molecule is CCN1CCN(Cc2cc(F)c([N+](=O)[O-])cc2C(F)(F)F)CC1. The van der Waals surface area contributed by atoms with E-state index in [1.807, 2.05) is 6.92 Å². The minimum absolute atomic E-state index is 0.0820. The van der Waals surface area contributed by atoms with Crippen molar-refractivity contribution in [1.82, 2.24) is 9.80 Å². The maximum atomic E-state index is 13.7. The van der Waals surface area contributed by atoms with Gasteiger partial charge in [-0.15, -0.1) is 0 Å². The number of rotatable bonds is 4. The summed E-state index contributed by atoms with van der Waals surface area (Å²) in [6.45, 7) is 5.40. The van der Waals surface area contributed by atoms with Crippen LogP contribution in [0.15, 0.2) is 12.1 Å². The van der Waals surface area contributed by atoms with E-state index in [2.05, 4.69) is 4.90 Å². The molecule has 2 rings (SSSR count). The van der Waals surface area contributed by atoms with Gasteiger partial charge in [-0.25, -0.2) is 0 Å². The Labute approximate surface area is 130 Å². The number of piperazine rings is 1. The largest absolute Gasteiger partial charge is 0.416 e. The molecular formula is C14H17F4N3O2. The normalized spacial score (nSPS) is 17.4. The van der Waals surface area contributed by atoms with Crippen LogP contribution >= 0.6 is 0 Å². The van der Waals surface area contributed by atoms with Crippen LogP contribution in [0.2, 0.25) is 0 Å². The Hall–Kier alpha value is -1.74. The lowest BCUT2D eigenvalue weighted by Gasteiger charge is -2.34. The number of halogens is 4. The predicted octanol–water partition coefficient (Wildman–Crippen LogP) is 2.89. The zero-order valence-electron chi connectivity index (χ0n) is 12.6. The summed E-state index contributed by atoms with van der Waals surface area (Å²) in [4.78, 5) is 13.5. The lowest BCUT2D eigenvalue weighted by atomic mass is 10.0. The highest BCUT2D eigenvalue weighted by Gasteiger charge is 2.37. The van der Waals surface area contributed by atoms with Gasteiger partial charge in [0.05, 0.1) is 10.5 Å². The van der Waals surface area contributed by atoms with Gasteiger partial charge in [-0.1, -0.05) is 6.92 Å². The zero-order valence-corrected chi connectivity index (χ0v) is 12.6. The molecule has 0 spiro atoms. The van der Waals surface area contributed by atoms with Crippen LogP contribution in [0.3, 0.4) is 0 Å². The van der Waals surface area contributed by atoms with Gasteiger partial charge in [-0.05, 0) is 18.2 Å². The topological polar surface area (TPSA) is 49.6 Å². The molecule has 0 saturated carbocycles. The summed E-state index contributed by atoms with van der Waals surface area (Å²) in [6.07, 6.45) is -4.76. The summed E-state index contributed by atoms with van der Waals surface area (Å²) < 4.78 is 53.1. The van der Waals surface area contributed by atoms with Crippen molar-refractivity contribution in [2.24, 2.45) is 0 Å². The lowest BCUT2D eigenvalue weighted by Crippen LogP contribution is -2.45. The molecule has 1 fully saturated rings. The minimum Gasteiger partial charge on any atom is -0.301 e. The van der Waals surface area contributed by atoms with Crippen molar-refractivity contribution in [2.75, 3.05) is 32.7 Å². The standard InChI is InChI=1S/C14H17F4N3O2/c1-2-19-3-5-20(6-4-19)9-10-7-12(15)13(21(22)23)8-11(10)14(16,17)18/h7-8H,2-6,9H2,1H3. The molecule has 0 bridgehead atoms. The number of benzene rings is 1. The van der Waals surface area contributed by atoms with Gasteiger partial charge in [-0.3, -0.25) is 15.0 Å². The third-order valence-electron chi connectivity index (χ3n) is 3.98. The van der Waals surface area contributed by atoms with Crippen LogP contribution < -0.4 is 0 Å². The molecule has 0 radical (unpaired) electrons. The second kappa shape index (κ2) is 6.79. The van der Waals surface area contributed by atoms with Crippen molar-refractivity contribution < 1.29 is 22.5 Å². The molecule has 1 aromatic rings. The van der Waals surface area contributed by atoms with Crippen molar-refractivity contribution in [2.45, 2.75) is 19.6 Å². The summed E-state index contributed by atoms with van der Waals surface area (Å²) >= 11 is 0. The number of hydrogen-bond donors (Lipinski definition) is 0. The van der Waals surface area contributed by atoms with E-state index in [-0.39, 0.29) is 18.2 Å².